The van der Waals surface area contributed by atoms with Crippen molar-refractivity contribution in [1.29, 1.82) is 0 Å². The Bertz CT molecular complexity index is 892. The van der Waals surface area contributed by atoms with Crippen molar-refractivity contribution >= 4 is 17.9 Å². The van der Waals surface area contributed by atoms with Crippen LogP contribution in [-0.4, -0.2) is 66.8 Å². The molecule has 0 aliphatic carbocycles. The summed E-state index contributed by atoms with van der Waals surface area (Å²) in [5.74, 6) is -1.47. The molecule has 2 aliphatic rings. The van der Waals surface area contributed by atoms with Crippen molar-refractivity contribution in [3.63, 3.8) is 0 Å². The van der Waals surface area contributed by atoms with Crippen LogP contribution in [0, 0.1) is 0 Å². The number of aliphatic hydroxyl groups is 1. The number of fused-ring (bicyclic) bond motifs is 3. The van der Waals surface area contributed by atoms with Gasteiger partial charge in [0.05, 0.1) is 20.3 Å². The second-order valence-electron chi connectivity index (χ2n) is 7.25. The normalized spacial score (nSPS) is 29.5. The molecule has 0 spiro atoms. The van der Waals surface area contributed by atoms with E-state index in [9.17, 15) is 24.6 Å². The standard InChI is InChI=1S/C21H24O10/c1-10-5-4-6-13(22)18(24)15(31-21(26)28-3)9-16-19(30-16)12-7-11(27-2)8-14(23)17(12)20(25)29-10/h4,6-8,10,15-16,18-19,23-24H,5,9H2,1-3H3/b6-4-/t10-,15-,16+,18+,19+/m0/s1. The van der Waals surface area contributed by atoms with Crippen molar-refractivity contribution in [3.05, 3.63) is 35.4 Å². The van der Waals surface area contributed by atoms with Crippen molar-refractivity contribution in [2.45, 2.75) is 50.3 Å². The average molecular weight is 436 g/mol. The second kappa shape index (κ2) is 9.36. The Kier molecular flexibility index (Phi) is 6.81. The molecule has 0 radical (unpaired) electrons. The molecule has 10 nitrogen and oxygen atoms in total. The Balaban J connectivity index is 1.99. The number of carbonyl (C=O) groups excluding carboxylic acids is 3. The van der Waals surface area contributed by atoms with Crippen molar-refractivity contribution < 1.29 is 48.3 Å². The van der Waals surface area contributed by atoms with E-state index in [4.69, 9.17) is 18.9 Å². The summed E-state index contributed by atoms with van der Waals surface area (Å²) in [5, 5.41) is 20.8. The lowest BCUT2D eigenvalue weighted by Crippen LogP contribution is -2.38. The molecule has 2 heterocycles. The molecule has 168 valence electrons. The largest absolute Gasteiger partial charge is 0.508 e. The number of rotatable bonds is 2. The Morgan fingerprint density at radius 2 is 1.97 bits per heavy atom. The van der Waals surface area contributed by atoms with Crippen LogP contribution in [0.25, 0.3) is 0 Å². The number of cyclic esters (lactones) is 1. The number of hydrogen-bond donors (Lipinski definition) is 2. The summed E-state index contributed by atoms with van der Waals surface area (Å²) in [6, 6.07) is 2.83. The SMILES string of the molecule is COC(=O)O[C@H]1C[C@H]2O[C@@H]2c2cc(OC)cc(O)c2C(=O)O[C@@H](C)C/C=C\C(=O)[C@H]1O. The van der Waals surface area contributed by atoms with Gasteiger partial charge in [-0.15, -0.1) is 0 Å². The molecule has 1 fully saturated rings. The fourth-order valence-corrected chi connectivity index (χ4v) is 3.37. The van der Waals surface area contributed by atoms with Crippen LogP contribution in [-0.2, 0) is 23.7 Å². The van der Waals surface area contributed by atoms with Crippen LogP contribution in [0.4, 0.5) is 4.79 Å². The first-order chi connectivity index (χ1) is 14.7. The summed E-state index contributed by atoms with van der Waals surface area (Å²) in [5.41, 5.74) is 0.257. The highest BCUT2D eigenvalue weighted by atomic mass is 16.7. The average Bonchev–Trinajstić information content (AvgIpc) is 3.49. The predicted molar refractivity (Wildman–Crippen MR) is 104 cm³/mol. The first-order valence-electron chi connectivity index (χ1n) is 9.65. The topological polar surface area (TPSA) is 141 Å². The number of carbonyl (C=O) groups is 3. The molecule has 0 amide bonds. The van der Waals surface area contributed by atoms with Gasteiger partial charge in [-0.2, -0.15) is 0 Å². The summed E-state index contributed by atoms with van der Waals surface area (Å²) in [6.07, 6.45) is -3.15. The molecule has 31 heavy (non-hydrogen) atoms. The Morgan fingerprint density at radius 1 is 1.23 bits per heavy atom. The smallest absolute Gasteiger partial charge is 0.507 e. The number of aliphatic hydroxyl groups excluding tert-OH is 1. The molecule has 10 heteroatoms. The van der Waals surface area contributed by atoms with Crippen LogP contribution in [0.15, 0.2) is 24.3 Å². The van der Waals surface area contributed by atoms with Crippen molar-refractivity contribution in [3.8, 4) is 11.5 Å². The molecule has 0 aromatic heterocycles. The van der Waals surface area contributed by atoms with Gasteiger partial charge in [0, 0.05) is 24.5 Å². The van der Waals surface area contributed by atoms with Crippen LogP contribution >= 0.6 is 0 Å². The lowest BCUT2D eigenvalue weighted by atomic mass is 9.96. The number of epoxide rings is 1. The number of phenols is 1. The number of hydrogen-bond acceptors (Lipinski definition) is 10. The minimum atomic E-state index is -1.64. The summed E-state index contributed by atoms with van der Waals surface area (Å²) in [6.45, 7) is 1.62. The molecule has 2 aliphatic heterocycles. The van der Waals surface area contributed by atoms with Crippen LogP contribution in [0.1, 0.15) is 41.8 Å². The zero-order valence-corrected chi connectivity index (χ0v) is 17.3. The summed E-state index contributed by atoms with van der Waals surface area (Å²) in [7, 11) is 2.51. The van der Waals surface area contributed by atoms with E-state index in [1.165, 1.54) is 25.3 Å². The van der Waals surface area contributed by atoms with E-state index >= 15 is 0 Å². The van der Waals surface area contributed by atoms with Gasteiger partial charge >= 0.3 is 12.1 Å². The van der Waals surface area contributed by atoms with Gasteiger partial charge in [-0.05, 0) is 19.1 Å². The molecule has 5 atom stereocenters. The molecular weight excluding hydrogens is 412 g/mol. The van der Waals surface area contributed by atoms with Crippen LogP contribution < -0.4 is 4.74 Å². The lowest BCUT2D eigenvalue weighted by Gasteiger charge is -2.20. The summed E-state index contributed by atoms with van der Waals surface area (Å²) < 4.78 is 25.7. The molecule has 3 rings (SSSR count). The molecule has 1 aromatic rings. The minimum absolute atomic E-state index is 0.0522. The highest BCUT2D eigenvalue weighted by molar-refractivity contribution is 5.95. The van der Waals surface area contributed by atoms with E-state index < -0.39 is 48.4 Å². The summed E-state index contributed by atoms with van der Waals surface area (Å²) >= 11 is 0. The van der Waals surface area contributed by atoms with Gasteiger partial charge in [0.2, 0.25) is 0 Å². The maximum atomic E-state index is 12.7. The number of esters is 1. The van der Waals surface area contributed by atoms with E-state index in [2.05, 4.69) is 4.74 Å². The fourth-order valence-electron chi connectivity index (χ4n) is 3.37. The Morgan fingerprint density at radius 3 is 2.65 bits per heavy atom. The quantitative estimate of drug-likeness (QED) is 0.521. The molecule has 1 saturated heterocycles. The minimum Gasteiger partial charge on any atom is -0.507 e. The van der Waals surface area contributed by atoms with Gasteiger partial charge in [-0.25, -0.2) is 9.59 Å². The first kappa shape index (κ1) is 22.6. The van der Waals surface area contributed by atoms with Gasteiger partial charge < -0.3 is 33.9 Å². The van der Waals surface area contributed by atoms with Gasteiger partial charge in [-0.1, -0.05) is 6.08 Å². The number of methoxy groups -OCH3 is 2. The second-order valence-corrected chi connectivity index (χ2v) is 7.25. The Hall–Kier alpha value is -3.11. The van der Waals surface area contributed by atoms with Crippen LogP contribution in [0.2, 0.25) is 0 Å². The van der Waals surface area contributed by atoms with Crippen molar-refractivity contribution in [2.24, 2.45) is 0 Å². The third-order valence-corrected chi connectivity index (χ3v) is 5.03. The highest BCUT2D eigenvalue weighted by Gasteiger charge is 2.47. The van der Waals surface area contributed by atoms with Crippen LogP contribution in [0.5, 0.6) is 11.5 Å². The number of phenolic OH excluding ortho intramolecular Hbond substituents is 1. The molecule has 0 saturated carbocycles. The number of benzene rings is 1. The molecular formula is C21H24O10. The van der Waals surface area contributed by atoms with E-state index in [0.717, 1.165) is 13.2 Å². The number of ether oxygens (including phenoxy) is 5. The third kappa shape index (κ3) is 5.15. The van der Waals surface area contributed by atoms with Gasteiger partial charge in [0.15, 0.2) is 11.9 Å². The monoisotopic (exact) mass is 436 g/mol. The van der Waals surface area contributed by atoms with E-state index in [1.54, 1.807) is 6.92 Å². The third-order valence-electron chi connectivity index (χ3n) is 5.03. The molecule has 0 bridgehead atoms. The van der Waals surface area contributed by atoms with Gasteiger partial charge in [0.25, 0.3) is 0 Å². The molecule has 1 aromatic carbocycles. The maximum Gasteiger partial charge on any atom is 0.508 e. The van der Waals surface area contributed by atoms with Gasteiger partial charge in [0.1, 0.15) is 35.4 Å². The zero-order valence-electron chi connectivity index (χ0n) is 17.3. The van der Waals surface area contributed by atoms with Crippen molar-refractivity contribution in [1.82, 2.24) is 0 Å². The first-order valence-corrected chi connectivity index (χ1v) is 9.65. The van der Waals surface area contributed by atoms with Crippen LogP contribution in [0.3, 0.4) is 0 Å². The maximum absolute atomic E-state index is 12.7. The predicted octanol–water partition coefficient (Wildman–Crippen LogP) is 1.82. The van der Waals surface area contributed by atoms with E-state index in [1.807, 2.05) is 0 Å². The van der Waals surface area contributed by atoms with E-state index in [-0.39, 0.29) is 24.2 Å². The number of aromatic hydroxyl groups is 1. The fraction of sp³-hybridized carbons (Fsp3) is 0.476. The van der Waals surface area contributed by atoms with Crippen molar-refractivity contribution in [2.75, 3.05) is 14.2 Å². The molecule has 2 N–H and O–H groups in total. The zero-order chi connectivity index (χ0) is 22.7. The van der Waals surface area contributed by atoms with E-state index in [0.29, 0.717) is 11.3 Å². The summed E-state index contributed by atoms with van der Waals surface area (Å²) in [4.78, 5) is 36.7. The molecule has 0 unspecified atom stereocenters. The Labute approximate surface area is 178 Å². The highest BCUT2D eigenvalue weighted by Crippen LogP contribution is 2.46. The number of ketones is 1. The lowest BCUT2D eigenvalue weighted by molar-refractivity contribution is -0.129. The van der Waals surface area contributed by atoms with Gasteiger partial charge in [-0.3, -0.25) is 4.79 Å².